The number of aryl methyl sites for hydroxylation is 1. The molecule has 1 aromatic rings. The topological polar surface area (TPSA) is 66.6 Å². The maximum absolute atomic E-state index is 12.6. The highest BCUT2D eigenvalue weighted by Gasteiger charge is 2.37. The van der Waals surface area contributed by atoms with Crippen molar-refractivity contribution in [3.05, 3.63) is 32.9 Å². The Morgan fingerprint density at radius 3 is 2.76 bits per heavy atom. The zero-order valence-electron chi connectivity index (χ0n) is 8.61. The fourth-order valence-corrected chi connectivity index (χ4v) is 1.32. The van der Waals surface area contributed by atoms with Crippen molar-refractivity contribution in [2.45, 2.75) is 6.18 Å². The van der Waals surface area contributed by atoms with Gasteiger partial charge in [-0.25, -0.2) is 0 Å². The highest BCUT2D eigenvalue weighted by Crippen LogP contribution is 2.34. The molecule has 1 rings (SSSR count). The van der Waals surface area contributed by atoms with Gasteiger partial charge >= 0.3 is 6.18 Å². The molecule has 17 heavy (non-hydrogen) atoms. The van der Waals surface area contributed by atoms with Gasteiger partial charge in [0.2, 0.25) is 0 Å². The molecule has 0 aliphatic heterocycles. The van der Waals surface area contributed by atoms with Crippen LogP contribution in [0.1, 0.15) is 11.3 Å². The third-order valence-corrected chi connectivity index (χ3v) is 2.26. The second kappa shape index (κ2) is 5.11. The summed E-state index contributed by atoms with van der Waals surface area (Å²) in [5, 5.41) is 6.31. The smallest absolute Gasteiger partial charge is 0.256 e. The summed E-state index contributed by atoms with van der Waals surface area (Å²) in [6, 6.07) is 0. The third kappa shape index (κ3) is 3.15. The number of azide groups is 1. The van der Waals surface area contributed by atoms with Crippen LogP contribution >= 0.6 is 11.6 Å². The van der Waals surface area contributed by atoms with E-state index in [1.54, 1.807) is 0 Å². The van der Waals surface area contributed by atoms with Gasteiger partial charge in [-0.3, -0.25) is 4.68 Å². The Morgan fingerprint density at radius 2 is 2.24 bits per heavy atom. The van der Waals surface area contributed by atoms with Crippen LogP contribution in [0.2, 0.25) is 5.15 Å². The van der Waals surface area contributed by atoms with E-state index in [-0.39, 0.29) is 17.3 Å². The van der Waals surface area contributed by atoms with Crippen molar-refractivity contribution in [3.8, 4) is 0 Å². The Labute approximate surface area is 99.1 Å². The summed E-state index contributed by atoms with van der Waals surface area (Å²) in [5.41, 5.74) is 6.70. The molecular formula is C8H7ClF3N5. The normalized spacial score (nSPS) is 11.8. The monoisotopic (exact) mass is 265 g/mol. The maximum Gasteiger partial charge on any atom is 0.435 e. The Hall–Kier alpha value is -1.66. The average molecular weight is 266 g/mol. The van der Waals surface area contributed by atoms with Crippen molar-refractivity contribution >= 4 is 17.7 Å². The van der Waals surface area contributed by atoms with Crippen molar-refractivity contribution in [3.63, 3.8) is 0 Å². The number of aromatic nitrogens is 2. The van der Waals surface area contributed by atoms with Crippen molar-refractivity contribution in [2.24, 2.45) is 12.2 Å². The molecule has 0 atom stereocenters. The molecule has 0 unspecified atom stereocenters. The zero-order valence-corrected chi connectivity index (χ0v) is 9.37. The van der Waals surface area contributed by atoms with Gasteiger partial charge in [-0.15, -0.1) is 0 Å². The Balaban J connectivity index is 3.13. The first kappa shape index (κ1) is 13.4. The quantitative estimate of drug-likeness (QED) is 0.469. The van der Waals surface area contributed by atoms with Crippen LogP contribution in [-0.2, 0) is 13.2 Å². The number of hydrogen-bond donors (Lipinski definition) is 0. The Bertz CT molecular complexity index is 484. The van der Waals surface area contributed by atoms with Crippen LogP contribution in [0.3, 0.4) is 0 Å². The van der Waals surface area contributed by atoms with E-state index in [2.05, 4.69) is 15.1 Å². The Kier molecular flexibility index (Phi) is 4.03. The van der Waals surface area contributed by atoms with Gasteiger partial charge in [0.15, 0.2) is 5.69 Å². The first-order chi connectivity index (χ1) is 7.88. The van der Waals surface area contributed by atoms with Crippen LogP contribution in [0, 0.1) is 0 Å². The van der Waals surface area contributed by atoms with Gasteiger partial charge in [0.1, 0.15) is 5.15 Å². The molecule has 0 aliphatic carbocycles. The molecule has 0 bridgehead atoms. The van der Waals surface area contributed by atoms with Crippen LogP contribution in [0.25, 0.3) is 16.5 Å². The molecule has 1 heterocycles. The van der Waals surface area contributed by atoms with E-state index in [1.807, 2.05) is 0 Å². The summed E-state index contributed by atoms with van der Waals surface area (Å²) in [4.78, 5) is 2.46. The Morgan fingerprint density at radius 1 is 1.59 bits per heavy atom. The van der Waals surface area contributed by atoms with Crippen LogP contribution in [0.15, 0.2) is 11.2 Å². The van der Waals surface area contributed by atoms with Crippen molar-refractivity contribution in [1.82, 2.24) is 9.78 Å². The molecule has 0 aromatic carbocycles. The molecule has 9 heteroatoms. The highest BCUT2D eigenvalue weighted by molar-refractivity contribution is 6.31. The number of nitrogens with zero attached hydrogens (tertiary/aromatic N) is 5. The minimum absolute atomic E-state index is 0.0565. The molecular weight excluding hydrogens is 259 g/mol. The van der Waals surface area contributed by atoms with E-state index in [0.717, 1.165) is 10.8 Å². The van der Waals surface area contributed by atoms with Gasteiger partial charge in [-0.1, -0.05) is 28.9 Å². The zero-order chi connectivity index (χ0) is 13.1. The van der Waals surface area contributed by atoms with Crippen molar-refractivity contribution in [2.75, 3.05) is 6.54 Å². The molecule has 92 valence electrons. The molecule has 5 nitrogen and oxygen atoms in total. The summed E-state index contributed by atoms with van der Waals surface area (Å²) in [6.07, 6.45) is -2.17. The minimum Gasteiger partial charge on any atom is -0.256 e. The van der Waals surface area contributed by atoms with Gasteiger partial charge in [-0.2, -0.15) is 18.3 Å². The second-order valence-corrected chi connectivity index (χ2v) is 3.35. The summed E-state index contributed by atoms with van der Waals surface area (Å²) in [5.74, 6) is 0. The largest absolute Gasteiger partial charge is 0.435 e. The summed E-state index contributed by atoms with van der Waals surface area (Å²) in [7, 11) is 1.31. The average Bonchev–Trinajstić information content (AvgIpc) is 2.51. The van der Waals surface area contributed by atoms with Crippen LogP contribution in [0.5, 0.6) is 0 Å². The van der Waals surface area contributed by atoms with E-state index in [1.165, 1.54) is 13.1 Å². The van der Waals surface area contributed by atoms with E-state index in [9.17, 15) is 13.2 Å². The van der Waals surface area contributed by atoms with Crippen molar-refractivity contribution < 1.29 is 13.2 Å². The fourth-order valence-electron chi connectivity index (χ4n) is 1.13. The lowest BCUT2D eigenvalue weighted by Crippen LogP contribution is -2.08. The first-order valence-corrected chi connectivity index (χ1v) is 4.72. The predicted molar refractivity (Wildman–Crippen MR) is 56.3 cm³/mol. The van der Waals surface area contributed by atoms with Gasteiger partial charge in [-0.05, 0) is 5.53 Å². The first-order valence-electron chi connectivity index (χ1n) is 4.35. The molecule has 1 aromatic heterocycles. The van der Waals surface area contributed by atoms with Gasteiger partial charge in [0.25, 0.3) is 0 Å². The van der Waals surface area contributed by atoms with Gasteiger partial charge in [0, 0.05) is 24.1 Å². The second-order valence-electron chi connectivity index (χ2n) is 2.99. The molecule has 0 amide bonds. The predicted octanol–water partition coefficient (Wildman–Crippen LogP) is 3.42. The van der Waals surface area contributed by atoms with E-state index in [0.29, 0.717) is 0 Å². The van der Waals surface area contributed by atoms with Crippen LogP contribution < -0.4 is 0 Å². The van der Waals surface area contributed by atoms with E-state index < -0.39 is 11.9 Å². The molecule has 0 radical (unpaired) electrons. The summed E-state index contributed by atoms with van der Waals surface area (Å²) >= 11 is 5.68. The van der Waals surface area contributed by atoms with Crippen LogP contribution in [0.4, 0.5) is 13.2 Å². The third-order valence-electron chi connectivity index (χ3n) is 1.81. The number of hydrogen-bond acceptors (Lipinski definition) is 2. The fraction of sp³-hybridized carbons (Fsp3) is 0.375. The summed E-state index contributed by atoms with van der Waals surface area (Å²) in [6.45, 7) is -0.0565. The highest BCUT2D eigenvalue weighted by atomic mass is 35.5. The molecule has 0 saturated heterocycles. The molecule has 0 spiro atoms. The van der Waals surface area contributed by atoms with Gasteiger partial charge < -0.3 is 0 Å². The lowest BCUT2D eigenvalue weighted by Gasteiger charge is -2.02. The summed E-state index contributed by atoms with van der Waals surface area (Å²) < 4.78 is 38.6. The lowest BCUT2D eigenvalue weighted by molar-refractivity contribution is -0.141. The van der Waals surface area contributed by atoms with Crippen molar-refractivity contribution in [1.29, 1.82) is 0 Å². The van der Waals surface area contributed by atoms with E-state index in [4.69, 9.17) is 17.1 Å². The number of alkyl halides is 3. The molecule has 0 saturated carbocycles. The van der Waals surface area contributed by atoms with Crippen LogP contribution in [-0.4, -0.2) is 16.3 Å². The molecule has 0 N–H and O–H groups in total. The SMILES string of the molecule is Cn1nc(C(F)(F)F)c(C=CCN=[N+]=[N-])c1Cl. The lowest BCUT2D eigenvalue weighted by atomic mass is 10.2. The molecule has 0 aliphatic rings. The van der Waals surface area contributed by atoms with E-state index >= 15 is 0 Å². The standard InChI is InChI=1S/C8H7ClF3N5/c1-17-7(9)5(3-2-4-14-16-13)6(15-17)8(10,11)12/h2-3H,4H2,1H3. The number of rotatable bonds is 3. The molecule has 0 fully saturated rings. The minimum atomic E-state index is -4.58. The van der Waals surface area contributed by atoms with Gasteiger partial charge in [0.05, 0.1) is 0 Å². The number of halogens is 4. The maximum atomic E-state index is 12.6.